The van der Waals surface area contributed by atoms with Gasteiger partial charge in [-0.25, -0.2) is 18.7 Å². The number of nitrogens with zero attached hydrogens (tertiary/aromatic N) is 3. The maximum Gasteiger partial charge on any atom is 0.256 e. The number of rotatable bonds is 4. The molecule has 0 fully saturated rings. The van der Waals surface area contributed by atoms with Crippen LogP contribution in [-0.2, 0) is 13.0 Å². The lowest BCUT2D eigenvalue weighted by Gasteiger charge is -2.37. The lowest BCUT2D eigenvalue weighted by atomic mass is 9.90. The Morgan fingerprint density at radius 3 is 2.50 bits per heavy atom. The van der Waals surface area contributed by atoms with Gasteiger partial charge in [0.05, 0.1) is 33.5 Å². The number of aryl methyl sites for hydroxylation is 1. The Morgan fingerprint density at radius 1 is 1.09 bits per heavy atom. The molecule has 166 valence electrons. The van der Waals surface area contributed by atoms with Gasteiger partial charge in [-0.2, -0.15) is 0 Å². The van der Waals surface area contributed by atoms with E-state index in [4.69, 9.17) is 23.2 Å². The number of hydrogen-bond acceptors (Lipinski definition) is 3. The fraction of sp³-hybridized carbons (Fsp3) is 0.292. The minimum atomic E-state index is -0.672. The number of aromatic nitrogens is 2. The predicted octanol–water partition coefficient (Wildman–Crippen LogP) is 6.40. The van der Waals surface area contributed by atoms with Crippen molar-refractivity contribution in [3.8, 4) is 11.3 Å². The zero-order valence-electron chi connectivity index (χ0n) is 17.6. The van der Waals surface area contributed by atoms with Crippen molar-refractivity contribution in [3.05, 3.63) is 80.7 Å². The Hall–Kier alpha value is -2.57. The van der Waals surface area contributed by atoms with Crippen LogP contribution in [0.4, 0.5) is 8.78 Å². The largest absolute Gasteiger partial charge is 0.329 e. The molecule has 1 aromatic heterocycles. The Bertz CT molecular complexity index is 1180. The van der Waals surface area contributed by atoms with Crippen LogP contribution >= 0.6 is 23.2 Å². The summed E-state index contributed by atoms with van der Waals surface area (Å²) >= 11 is 12.1. The van der Waals surface area contributed by atoms with Crippen LogP contribution in [0.5, 0.6) is 0 Å². The van der Waals surface area contributed by atoms with Crippen LogP contribution in [0.1, 0.15) is 47.2 Å². The van der Waals surface area contributed by atoms with Gasteiger partial charge in [0, 0.05) is 17.2 Å². The number of amides is 1. The summed E-state index contributed by atoms with van der Waals surface area (Å²) in [5, 5.41) is -0.359. The van der Waals surface area contributed by atoms with E-state index in [1.165, 1.54) is 18.2 Å². The molecule has 0 spiro atoms. The van der Waals surface area contributed by atoms with E-state index in [9.17, 15) is 13.6 Å². The first-order chi connectivity index (χ1) is 15.3. The van der Waals surface area contributed by atoms with Crippen molar-refractivity contribution in [1.82, 2.24) is 14.9 Å². The van der Waals surface area contributed by atoms with Crippen LogP contribution in [0.15, 0.2) is 36.4 Å². The zero-order chi connectivity index (χ0) is 23.0. The number of hydrogen-bond donors (Lipinski definition) is 0. The summed E-state index contributed by atoms with van der Waals surface area (Å²) in [6.45, 7) is 4.10. The third-order valence-corrected chi connectivity index (χ3v) is 6.53. The Balaban J connectivity index is 1.77. The molecule has 2 aromatic carbocycles. The summed E-state index contributed by atoms with van der Waals surface area (Å²) in [6.07, 6.45) is 2.17. The average Bonchev–Trinajstić information content (AvgIpc) is 2.77. The van der Waals surface area contributed by atoms with Crippen molar-refractivity contribution in [1.29, 1.82) is 0 Å². The van der Waals surface area contributed by atoms with Gasteiger partial charge in [-0.3, -0.25) is 4.79 Å². The lowest BCUT2D eigenvalue weighted by molar-refractivity contribution is 0.0624. The highest BCUT2D eigenvalue weighted by atomic mass is 35.5. The van der Waals surface area contributed by atoms with Crippen molar-refractivity contribution in [2.45, 2.75) is 45.7 Å². The van der Waals surface area contributed by atoms with Crippen molar-refractivity contribution in [2.75, 3.05) is 0 Å². The maximum absolute atomic E-state index is 13.8. The van der Waals surface area contributed by atoms with Gasteiger partial charge in [0.25, 0.3) is 5.91 Å². The number of fused-ring (bicyclic) bond motifs is 1. The number of halogens is 4. The van der Waals surface area contributed by atoms with Gasteiger partial charge < -0.3 is 4.90 Å². The van der Waals surface area contributed by atoms with Gasteiger partial charge in [0.2, 0.25) is 0 Å². The molecule has 8 heteroatoms. The van der Waals surface area contributed by atoms with Gasteiger partial charge in [-0.1, -0.05) is 36.5 Å². The summed E-state index contributed by atoms with van der Waals surface area (Å²) in [5.74, 6) is -0.744. The number of carbonyl (C=O) groups excluding carboxylic acids is 1. The second kappa shape index (κ2) is 9.12. The molecule has 0 aliphatic carbocycles. The van der Waals surface area contributed by atoms with Crippen molar-refractivity contribution in [3.63, 3.8) is 0 Å². The van der Waals surface area contributed by atoms with Crippen molar-refractivity contribution < 1.29 is 13.6 Å². The maximum atomic E-state index is 13.8. The lowest BCUT2D eigenvalue weighted by Crippen LogP contribution is -2.45. The van der Waals surface area contributed by atoms with E-state index in [2.05, 4.69) is 9.97 Å². The van der Waals surface area contributed by atoms with Gasteiger partial charge in [0.1, 0.15) is 17.5 Å². The molecular weight excluding hydrogens is 455 g/mol. The molecule has 0 unspecified atom stereocenters. The molecule has 4 nitrogen and oxygen atoms in total. The van der Waals surface area contributed by atoms with E-state index in [1.54, 1.807) is 24.0 Å². The minimum absolute atomic E-state index is 0.0939. The molecular formula is C24H21Cl2F2N3O. The van der Waals surface area contributed by atoms with Crippen LogP contribution in [0.3, 0.4) is 0 Å². The van der Waals surface area contributed by atoms with Crippen LogP contribution in [0.25, 0.3) is 11.3 Å². The fourth-order valence-corrected chi connectivity index (χ4v) is 4.56. The Labute approximate surface area is 195 Å². The summed E-state index contributed by atoms with van der Waals surface area (Å²) in [4.78, 5) is 24.4. The van der Waals surface area contributed by atoms with E-state index in [-0.39, 0.29) is 39.9 Å². The predicted molar refractivity (Wildman–Crippen MR) is 121 cm³/mol. The van der Waals surface area contributed by atoms with E-state index < -0.39 is 5.82 Å². The molecule has 0 saturated carbocycles. The second-order valence-electron chi connectivity index (χ2n) is 7.85. The van der Waals surface area contributed by atoms with Crippen LogP contribution < -0.4 is 0 Å². The molecule has 1 aliphatic rings. The number of benzene rings is 2. The van der Waals surface area contributed by atoms with Crippen molar-refractivity contribution >= 4 is 29.1 Å². The summed E-state index contributed by atoms with van der Waals surface area (Å²) in [6, 6.07) is 8.59. The second-order valence-corrected chi connectivity index (χ2v) is 8.61. The van der Waals surface area contributed by atoms with Gasteiger partial charge in [-0.05, 0) is 56.2 Å². The molecule has 1 aliphatic heterocycles. The Morgan fingerprint density at radius 2 is 1.81 bits per heavy atom. The first-order valence-corrected chi connectivity index (χ1v) is 11.1. The number of carbonyl (C=O) groups is 1. The molecule has 3 aromatic rings. The molecule has 1 amide bonds. The van der Waals surface area contributed by atoms with Crippen LogP contribution in [0, 0.1) is 18.6 Å². The van der Waals surface area contributed by atoms with Crippen LogP contribution in [-0.4, -0.2) is 26.8 Å². The molecule has 1 atom stereocenters. The molecule has 0 N–H and O–H groups in total. The highest BCUT2D eigenvalue weighted by molar-refractivity contribution is 6.44. The topological polar surface area (TPSA) is 46.1 Å². The highest BCUT2D eigenvalue weighted by Gasteiger charge is 2.34. The van der Waals surface area contributed by atoms with Gasteiger partial charge in [-0.15, -0.1) is 0 Å². The summed E-state index contributed by atoms with van der Waals surface area (Å²) in [7, 11) is 0. The standard InChI is InChI=1S/C24H21Cl2F2N3O/c1-3-4-16-11-18-20(29-13(2)30-23(18)14-5-7-15(27)8-6-14)12-31(16)24(32)17-9-10-19(28)22(26)21(17)25/h5-10,16H,3-4,11-12H2,1-2H3/t16-/m1/s1. The first kappa shape index (κ1) is 22.6. The zero-order valence-corrected chi connectivity index (χ0v) is 19.1. The molecule has 2 heterocycles. The average molecular weight is 476 g/mol. The molecule has 32 heavy (non-hydrogen) atoms. The van der Waals surface area contributed by atoms with Gasteiger partial charge >= 0.3 is 0 Å². The molecule has 0 radical (unpaired) electrons. The quantitative estimate of drug-likeness (QED) is 0.409. The normalized spacial score (nSPS) is 15.6. The smallest absolute Gasteiger partial charge is 0.256 e. The monoisotopic (exact) mass is 475 g/mol. The van der Waals surface area contributed by atoms with E-state index in [1.807, 2.05) is 6.92 Å². The molecule has 4 rings (SSSR count). The van der Waals surface area contributed by atoms with E-state index in [0.717, 1.165) is 41.4 Å². The SMILES string of the molecule is CCC[C@@H]1Cc2c(nc(C)nc2-c2ccc(F)cc2)CN1C(=O)c1ccc(F)c(Cl)c1Cl. The minimum Gasteiger partial charge on any atom is -0.329 e. The fourth-order valence-electron chi connectivity index (χ4n) is 4.16. The summed E-state index contributed by atoms with van der Waals surface area (Å²) in [5.41, 5.74) is 3.40. The third kappa shape index (κ3) is 4.21. The highest BCUT2D eigenvalue weighted by Crippen LogP contribution is 2.35. The van der Waals surface area contributed by atoms with E-state index >= 15 is 0 Å². The third-order valence-electron chi connectivity index (χ3n) is 5.67. The van der Waals surface area contributed by atoms with Crippen molar-refractivity contribution in [2.24, 2.45) is 0 Å². The molecule has 0 saturated heterocycles. The summed E-state index contributed by atoms with van der Waals surface area (Å²) < 4.78 is 27.2. The first-order valence-electron chi connectivity index (χ1n) is 10.4. The molecule has 0 bridgehead atoms. The Kier molecular flexibility index (Phi) is 6.45. The van der Waals surface area contributed by atoms with Gasteiger partial charge in [0.15, 0.2) is 0 Å². The van der Waals surface area contributed by atoms with Crippen LogP contribution in [0.2, 0.25) is 10.0 Å². The van der Waals surface area contributed by atoms with E-state index in [0.29, 0.717) is 12.2 Å².